The molecule has 2 aromatic carbocycles. The van der Waals surface area contributed by atoms with E-state index in [1.807, 2.05) is 49.4 Å². The molecule has 0 radical (unpaired) electrons. The zero-order valence-electron chi connectivity index (χ0n) is 16.8. The summed E-state index contributed by atoms with van der Waals surface area (Å²) in [6.45, 7) is 3.84. The van der Waals surface area contributed by atoms with E-state index in [0.29, 0.717) is 29.6 Å². The van der Waals surface area contributed by atoms with Crippen molar-refractivity contribution >= 4 is 27.7 Å². The number of rotatable bonds is 6. The number of hydrogen-bond donors (Lipinski definition) is 1. The van der Waals surface area contributed by atoms with E-state index in [-0.39, 0.29) is 5.78 Å². The Balaban J connectivity index is 1.68. The molecule has 0 fully saturated rings. The third kappa shape index (κ3) is 3.82. The highest BCUT2D eigenvalue weighted by molar-refractivity contribution is 9.10. The van der Waals surface area contributed by atoms with Crippen LogP contribution in [0.3, 0.4) is 0 Å². The van der Waals surface area contributed by atoms with Gasteiger partial charge in [-0.15, -0.1) is 0 Å². The van der Waals surface area contributed by atoms with Crippen LogP contribution in [0.25, 0.3) is 0 Å². The first kappa shape index (κ1) is 20.2. The van der Waals surface area contributed by atoms with Crippen molar-refractivity contribution in [2.45, 2.75) is 26.5 Å². The molecule has 2 heterocycles. The van der Waals surface area contributed by atoms with E-state index in [1.165, 1.54) is 6.33 Å². The summed E-state index contributed by atoms with van der Waals surface area (Å²) in [6.07, 6.45) is 1.47. The van der Waals surface area contributed by atoms with Crippen LogP contribution in [0.2, 0.25) is 0 Å². The average Bonchev–Trinajstić information content (AvgIpc) is 3.19. The largest absolute Gasteiger partial charge is 0.493 e. The summed E-state index contributed by atoms with van der Waals surface area (Å²) in [6, 6.07) is 13.2. The molecule has 1 aromatic heterocycles. The number of fused-ring (bicyclic) bond motifs is 1. The van der Waals surface area contributed by atoms with E-state index in [1.54, 1.807) is 18.7 Å². The summed E-state index contributed by atoms with van der Waals surface area (Å²) >= 11 is 3.47. The second-order valence-corrected chi connectivity index (χ2v) is 7.90. The predicted molar refractivity (Wildman–Crippen MR) is 117 cm³/mol. The van der Waals surface area contributed by atoms with Gasteiger partial charge in [0.2, 0.25) is 5.95 Å². The second kappa shape index (κ2) is 8.31. The van der Waals surface area contributed by atoms with Crippen molar-refractivity contribution in [1.82, 2.24) is 14.8 Å². The SMILES string of the molecule is COc1cc(C2C(C(C)=O)=C(C)Nc3ncnn32)ccc1OCc1cccc(Br)c1. The smallest absolute Gasteiger partial charge is 0.226 e. The van der Waals surface area contributed by atoms with Gasteiger partial charge in [0.15, 0.2) is 17.3 Å². The molecule has 1 atom stereocenters. The Bertz CT molecular complexity index is 1140. The van der Waals surface area contributed by atoms with Gasteiger partial charge >= 0.3 is 0 Å². The standard InChI is InChI=1S/C22H21BrN4O3/c1-13-20(14(2)28)21(27-22(26-13)24-12-25-27)16-7-8-18(19(10-16)29-3)30-11-15-5-4-6-17(23)9-15/h4-10,12,21H,11H2,1-3H3,(H,24,25,26). The number of halogens is 1. The summed E-state index contributed by atoms with van der Waals surface area (Å²) in [5.74, 6) is 1.78. The van der Waals surface area contributed by atoms with Gasteiger partial charge in [-0.3, -0.25) is 4.79 Å². The van der Waals surface area contributed by atoms with Gasteiger partial charge in [0.25, 0.3) is 0 Å². The minimum atomic E-state index is -0.394. The maximum absolute atomic E-state index is 12.4. The number of nitrogens with one attached hydrogen (secondary N) is 1. The van der Waals surface area contributed by atoms with Gasteiger partial charge in [-0.2, -0.15) is 10.1 Å². The number of benzene rings is 2. The molecule has 0 aliphatic carbocycles. The fraction of sp³-hybridized carbons (Fsp3) is 0.227. The van der Waals surface area contributed by atoms with Gasteiger partial charge in [0.1, 0.15) is 19.0 Å². The van der Waals surface area contributed by atoms with Crippen LogP contribution < -0.4 is 14.8 Å². The maximum Gasteiger partial charge on any atom is 0.226 e. The van der Waals surface area contributed by atoms with Crippen LogP contribution in [0.1, 0.15) is 31.0 Å². The van der Waals surface area contributed by atoms with Crippen LogP contribution in [0.4, 0.5) is 5.95 Å². The minimum Gasteiger partial charge on any atom is -0.493 e. The highest BCUT2D eigenvalue weighted by Gasteiger charge is 2.32. The van der Waals surface area contributed by atoms with E-state index >= 15 is 0 Å². The monoisotopic (exact) mass is 468 g/mol. The molecule has 0 saturated heterocycles. The Hall–Kier alpha value is -3.13. The molecule has 3 aromatic rings. The quantitative estimate of drug-likeness (QED) is 0.573. The Morgan fingerprint density at radius 3 is 2.80 bits per heavy atom. The Morgan fingerprint density at radius 2 is 2.07 bits per heavy atom. The molecular formula is C22H21BrN4O3. The highest BCUT2D eigenvalue weighted by Crippen LogP contribution is 2.38. The first-order valence-electron chi connectivity index (χ1n) is 9.41. The van der Waals surface area contributed by atoms with Crippen LogP contribution in [-0.4, -0.2) is 27.7 Å². The topological polar surface area (TPSA) is 78.3 Å². The van der Waals surface area contributed by atoms with Crippen molar-refractivity contribution in [1.29, 1.82) is 0 Å². The molecule has 0 bridgehead atoms. The number of ketones is 1. The fourth-order valence-electron chi connectivity index (χ4n) is 3.62. The molecule has 0 spiro atoms. The lowest BCUT2D eigenvalue weighted by molar-refractivity contribution is -0.114. The van der Waals surface area contributed by atoms with Crippen molar-refractivity contribution in [3.8, 4) is 11.5 Å². The number of ether oxygens (including phenoxy) is 2. The number of nitrogens with zero attached hydrogens (tertiary/aromatic N) is 3. The molecular weight excluding hydrogens is 448 g/mol. The van der Waals surface area contributed by atoms with E-state index in [0.717, 1.165) is 21.3 Å². The van der Waals surface area contributed by atoms with Crippen LogP contribution >= 0.6 is 15.9 Å². The highest BCUT2D eigenvalue weighted by atomic mass is 79.9. The number of hydrogen-bond acceptors (Lipinski definition) is 6. The number of methoxy groups -OCH3 is 1. The molecule has 154 valence electrons. The molecule has 0 saturated carbocycles. The summed E-state index contributed by atoms with van der Waals surface area (Å²) in [7, 11) is 1.60. The number of aromatic nitrogens is 3. The normalized spacial score (nSPS) is 15.4. The number of Topliss-reactive ketones (excluding diaryl/α,β-unsaturated/α-hetero) is 1. The van der Waals surface area contributed by atoms with Crippen molar-refractivity contribution < 1.29 is 14.3 Å². The average molecular weight is 469 g/mol. The number of carbonyl (C=O) groups is 1. The maximum atomic E-state index is 12.4. The number of carbonyl (C=O) groups excluding carboxylic acids is 1. The zero-order chi connectivity index (χ0) is 21.3. The molecule has 7 nitrogen and oxygen atoms in total. The van der Waals surface area contributed by atoms with Gasteiger partial charge in [-0.1, -0.05) is 34.1 Å². The van der Waals surface area contributed by atoms with Crippen molar-refractivity contribution in [3.05, 3.63) is 75.7 Å². The molecule has 1 aliphatic heterocycles. The van der Waals surface area contributed by atoms with Gasteiger partial charge < -0.3 is 14.8 Å². The van der Waals surface area contributed by atoms with Gasteiger partial charge in [-0.05, 0) is 49.2 Å². The molecule has 1 aliphatic rings. The fourth-order valence-corrected chi connectivity index (χ4v) is 4.06. The van der Waals surface area contributed by atoms with Crippen molar-refractivity contribution in [2.75, 3.05) is 12.4 Å². The van der Waals surface area contributed by atoms with Crippen LogP contribution in [-0.2, 0) is 11.4 Å². The lowest BCUT2D eigenvalue weighted by atomic mass is 9.93. The van der Waals surface area contributed by atoms with Crippen LogP contribution in [0, 0.1) is 0 Å². The lowest BCUT2D eigenvalue weighted by Crippen LogP contribution is -2.27. The first-order chi connectivity index (χ1) is 14.5. The molecule has 1 N–H and O–H groups in total. The Labute approximate surface area is 182 Å². The lowest BCUT2D eigenvalue weighted by Gasteiger charge is -2.28. The Kier molecular flexibility index (Phi) is 5.59. The third-order valence-electron chi connectivity index (χ3n) is 4.96. The van der Waals surface area contributed by atoms with E-state index < -0.39 is 6.04 Å². The summed E-state index contributed by atoms with van der Waals surface area (Å²) in [5.41, 5.74) is 3.30. The summed E-state index contributed by atoms with van der Waals surface area (Å²) in [4.78, 5) is 16.7. The molecule has 0 amide bonds. The molecule has 4 rings (SSSR count). The van der Waals surface area contributed by atoms with Crippen LogP contribution in [0.15, 0.2) is 64.5 Å². The second-order valence-electron chi connectivity index (χ2n) is 6.98. The molecule has 30 heavy (non-hydrogen) atoms. The minimum absolute atomic E-state index is 0.0277. The first-order valence-corrected chi connectivity index (χ1v) is 10.2. The van der Waals surface area contributed by atoms with Crippen LogP contribution in [0.5, 0.6) is 11.5 Å². The molecule has 8 heteroatoms. The van der Waals surface area contributed by atoms with Gasteiger partial charge in [-0.25, -0.2) is 4.68 Å². The Morgan fingerprint density at radius 1 is 1.23 bits per heavy atom. The predicted octanol–water partition coefficient (Wildman–Crippen LogP) is 4.51. The summed E-state index contributed by atoms with van der Waals surface area (Å²) < 4.78 is 14.3. The van der Waals surface area contributed by atoms with Crippen molar-refractivity contribution in [3.63, 3.8) is 0 Å². The van der Waals surface area contributed by atoms with Crippen molar-refractivity contribution in [2.24, 2.45) is 0 Å². The molecule has 1 unspecified atom stereocenters. The summed E-state index contributed by atoms with van der Waals surface area (Å²) in [5, 5.41) is 7.47. The van der Waals surface area contributed by atoms with E-state index in [9.17, 15) is 4.79 Å². The van der Waals surface area contributed by atoms with Gasteiger partial charge in [0.05, 0.1) is 7.11 Å². The zero-order valence-corrected chi connectivity index (χ0v) is 18.4. The van der Waals surface area contributed by atoms with Gasteiger partial charge in [0, 0.05) is 15.7 Å². The van der Waals surface area contributed by atoms with E-state index in [2.05, 4.69) is 31.3 Å². The number of allylic oxidation sites excluding steroid dienone is 2. The van der Waals surface area contributed by atoms with E-state index in [4.69, 9.17) is 9.47 Å². The third-order valence-corrected chi connectivity index (χ3v) is 5.45. The number of anilines is 1.